The number of allylic oxidation sites excluding steroid dienone is 1. The van der Waals surface area contributed by atoms with Gasteiger partial charge in [-0.15, -0.1) is 5.10 Å². The summed E-state index contributed by atoms with van der Waals surface area (Å²) in [7, 11) is 1.59. The normalized spacial score (nSPS) is 15.5. The Hall–Kier alpha value is -4.08. The van der Waals surface area contributed by atoms with E-state index in [1.54, 1.807) is 19.2 Å². The fourth-order valence-electron chi connectivity index (χ4n) is 3.42. The van der Waals surface area contributed by atoms with Crippen LogP contribution in [0.2, 0.25) is 0 Å². The fourth-order valence-corrected chi connectivity index (χ4v) is 3.42. The number of benzene rings is 2. The number of amides is 2. The summed E-state index contributed by atoms with van der Waals surface area (Å²) in [6, 6.07) is 7.92. The zero-order valence-electron chi connectivity index (χ0n) is 18.0. The third-order valence-corrected chi connectivity index (χ3v) is 5.27. The number of likely N-dealkylation sites (N-methyl/N-ethyl adjacent to an activating group) is 1. The molecular formula is C23H21F2N5O3. The Bertz CT molecular complexity index is 1240. The van der Waals surface area contributed by atoms with Crippen molar-refractivity contribution < 1.29 is 23.1 Å². The number of fused-ring (bicyclic) bond motifs is 1. The van der Waals surface area contributed by atoms with Crippen LogP contribution >= 0.6 is 0 Å². The summed E-state index contributed by atoms with van der Waals surface area (Å²) in [4.78, 5) is 30.9. The van der Waals surface area contributed by atoms with E-state index in [2.05, 4.69) is 22.0 Å². The summed E-state index contributed by atoms with van der Waals surface area (Å²) in [5.41, 5.74) is 2.09. The number of carbonyl (C=O) groups excluding carboxylic acids is 2. The lowest BCUT2D eigenvalue weighted by atomic mass is 10.1. The number of ether oxygens (including phenoxy) is 1. The van der Waals surface area contributed by atoms with Gasteiger partial charge in [-0.25, -0.2) is 18.4 Å². The highest BCUT2D eigenvalue weighted by Crippen LogP contribution is 2.33. The average Bonchev–Trinajstić information content (AvgIpc) is 3.22. The van der Waals surface area contributed by atoms with E-state index in [4.69, 9.17) is 4.74 Å². The van der Waals surface area contributed by atoms with E-state index in [0.717, 1.165) is 28.0 Å². The van der Waals surface area contributed by atoms with Crippen LogP contribution in [0.5, 0.6) is 5.75 Å². The predicted molar refractivity (Wildman–Crippen MR) is 117 cm³/mol. The summed E-state index contributed by atoms with van der Waals surface area (Å²) in [6.45, 7) is 5.43. The van der Waals surface area contributed by atoms with E-state index in [-0.39, 0.29) is 30.4 Å². The molecule has 0 radical (unpaired) electrons. The molecule has 1 N–H and O–H groups in total. The molecule has 0 spiro atoms. The molecule has 170 valence electrons. The Morgan fingerprint density at radius 3 is 2.70 bits per heavy atom. The van der Waals surface area contributed by atoms with Gasteiger partial charge in [-0.05, 0) is 36.8 Å². The average molecular weight is 453 g/mol. The van der Waals surface area contributed by atoms with Gasteiger partial charge in [0.05, 0.1) is 12.2 Å². The molecule has 1 aromatic heterocycles. The first-order chi connectivity index (χ1) is 15.7. The van der Waals surface area contributed by atoms with Gasteiger partial charge in [0.25, 0.3) is 11.8 Å². The second kappa shape index (κ2) is 8.81. The molecule has 2 aromatic carbocycles. The minimum atomic E-state index is -0.987. The molecule has 2 amide bonds. The van der Waals surface area contributed by atoms with Gasteiger partial charge in [0.2, 0.25) is 5.82 Å². The summed E-state index contributed by atoms with van der Waals surface area (Å²) >= 11 is 0. The van der Waals surface area contributed by atoms with Crippen molar-refractivity contribution in [3.63, 3.8) is 0 Å². The van der Waals surface area contributed by atoms with Crippen LogP contribution in [0, 0.1) is 11.6 Å². The minimum Gasteiger partial charge on any atom is -0.489 e. The van der Waals surface area contributed by atoms with Crippen molar-refractivity contribution in [3.05, 3.63) is 77.9 Å². The van der Waals surface area contributed by atoms with Gasteiger partial charge in [-0.1, -0.05) is 24.3 Å². The maximum atomic E-state index is 13.9. The van der Waals surface area contributed by atoms with Crippen LogP contribution in [-0.4, -0.2) is 46.3 Å². The van der Waals surface area contributed by atoms with Gasteiger partial charge in [-0.3, -0.25) is 9.59 Å². The lowest BCUT2D eigenvalue weighted by Crippen LogP contribution is -2.49. The quantitative estimate of drug-likeness (QED) is 0.642. The van der Waals surface area contributed by atoms with Crippen LogP contribution in [0.4, 0.5) is 14.5 Å². The zero-order valence-corrected chi connectivity index (χ0v) is 18.0. The molecule has 8 nitrogen and oxygen atoms in total. The van der Waals surface area contributed by atoms with Crippen LogP contribution in [-0.2, 0) is 11.3 Å². The van der Waals surface area contributed by atoms with E-state index < -0.39 is 23.6 Å². The molecule has 3 aromatic rings. The smallest absolute Gasteiger partial charge is 0.291 e. The number of carbonyl (C=O) groups is 2. The molecule has 0 aliphatic carbocycles. The molecule has 4 rings (SSSR count). The Morgan fingerprint density at radius 2 is 2.00 bits per heavy atom. The molecule has 1 atom stereocenters. The minimum absolute atomic E-state index is 0.0945. The first-order valence-electron chi connectivity index (χ1n) is 10.1. The predicted octanol–water partition coefficient (Wildman–Crippen LogP) is 2.79. The number of aromatic nitrogens is 3. The van der Waals surface area contributed by atoms with E-state index in [9.17, 15) is 18.4 Å². The Kier molecular flexibility index (Phi) is 5.91. The lowest BCUT2D eigenvalue weighted by Gasteiger charge is -2.20. The van der Waals surface area contributed by atoms with Crippen molar-refractivity contribution in [1.82, 2.24) is 20.1 Å². The fraction of sp³-hybridized carbons (Fsp3) is 0.217. The molecule has 1 unspecified atom stereocenters. The third kappa shape index (κ3) is 4.45. The highest BCUT2D eigenvalue weighted by Gasteiger charge is 2.31. The molecule has 0 fully saturated rings. The van der Waals surface area contributed by atoms with Crippen molar-refractivity contribution in [1.29, 1.82) is 0 Å². The topological polar surface area (TPSA) is 89.3 Å². The number of halogens is 2. The standard InChI is InChI=1S/C23H21F2N5O3/c1-13(2)14-7-8-19-20(9-14)33-11-18(23(32)29(19)3)27-22(31)21-26-12-30(28-21)10-15-16(24)5-4-6-17(15)25/h4-9,12,18H,1,10-11H2,2-3H3,(H,27,31). The molecule has 0 saturated heterocycles. The van der Waals surface area contributed by atoms with Crippen molar-refractivity contribution in [3.8, 4) is 5.75 Å². The van der Waals surface area contributed by atoms with Crippen LogP contribution in [0.1, 0.15) is 28.7 Å². The van der Waals surface area contributed by atoms with Gasteiger partial charge >= 0.3 is 0 Å². The van der Waals surface area contributed by atoms with Gasteiger partial charge < -0.3 is 15.0 Å². The van der Waals surface area contributed by atoms with Gasteiger partial charge in [0.15, 0.2) is 0 Å². The third-order valence-electron chi connectivity index (χ3n) is 5.27. The zero-order chi connectivity index (χ0) is 23.7. The number of hydrogen-bond donors (Lipinski definition) is 1. The van der Waals surface area contributed by atoms with E-state index in [1.165, 1.54) is 17.3 Å². The molecule has 2 heterocycles. The number of nitrogens with one attached hydrogen (secondary N) is 1. The summed E-state index contributed by atoms with van der Waals surface area (Å²) in [5.74, 6) is -2.29. The monoisotopic (exact) mass is 453 g/mol. The molecule has 0 bridgehead atoms. The van der Waals surface area contributed by atoms with Crippen molar-refractivity contribution >= 4 is 23.1 Å². The van der Waals surface area contributed by atoms with Crippen LogP contribution < -0.4 is 15.0 Å². The van der Waals surface area contributed by atoms with Crippen LogP contribution in [0.25, 0.3) is 5.57 Å². The van der Waals surface area contributed by atoms with Gasteiger partial charge in [0.1, 0.15) is 36.4 Å². The Morgan fingerprint density at radius 1 is 1.27 bits per heavy atom. The number of anilines is 1. The number of hydrogen-bond acceptors (Lipinski definition) is 5. The highest BCUT2D eigenvalue weighted by molar-refractivity contribution is 6.02. The van der Waals surface area contributed by atoms with E-state index >= 15 is 0 Å². The lowest BCUT2D eigenvalue weighted by molar-refractivity contribution is -0.120. The van der Waals surface area contributed by atoms with Crippen molar-refractivity contribution in [2.75, 3.05) is 18.6 Å². The number of nitrogens with zero attached hydrogens (tertiary/aromatic N) is 4. The number of rotatable bonds is 5. The van der Waals surface area contributed by atoms with Gasteiger partial charge in [0, 0.05) is 12.6 Å². The first kappa shape index (κ1) is 22.1. The first-order valence-corrected chi connectivity index (χ1v) is 10.1. The Balaban J connectivity index is 1.48. The van der Waals surface area contributed by atoms with Crippen molar-refractivity contribution in [2.24, 2.45) is 0 Å². The Labute approximate surface area is 188 Å². The van der Waals surface area contributed by atoms with Crippen molar-refractivity contribution in [2.45, 2.75) is 19.5 Å². The molecule has 33 heavy (non-hydrogen) atoms. The molecule has 10 heteroatoms. The summed E-state index contributed by atoms with van der Waals surface area (Å²) in [5, 5.41) is 6.54. The second-order valence-electron chi connectivity index (χ2n) is 7.66. The van der Waals surface area contributed by atoms with Crippen LogP contribution in [0.15, 0.2) is 49.3 Å². The highest BCUT2D eigenvalue weighted by atomic mass is 19.1. The van der Waals surface area contributed by atoms with E-state index in [1.807, 2.05) is 13.0 Å². The largest absolute Gasteiger partial charge is 0.489 e. The molecular weight excluding hydrogens is 432 g/mol. The van der Waals surface area contributed by atoms with Gasteiger partial charge in [-0.2, -0.15) is 0 Å². The maximum absolute atomic E-state index is 13.9. The second-order valence-corrected chi connectivity index (χ2v) is 7.66. The maximum Gasteiger partial charge on any atom is 0.291 e. The molecule has 1 aliphatic rings. The SMILES string of the molecule is C=C(C)c1ccc2c(c1)OCC(NC(=O)c1ncn(Cc3c(F)cccc3F)n1)C(=O)N2C. The molecule has 1 aliphatic heterocycles. The van der Waals surface area contributed by atoms with E-state index in [0.29, 0.717) is 11.4 Å². The summed E-state index contributed by atoms with van der Waals surface area (Å²) in [6.07, 6.45) is 1.19. The van der Waals surface area contributed by atoms with Crippen LogP contribution in [0.3, 0.4) is 0 Å². The summed E-state index contributed by atoms with van der Waals surface area (Å²) < 4.78 is 34.7. The molecule has 0 saturated carbocycles.